The van der Waals surface area contributed by atoms with E-state index in [2.05, 4.69) is 10.3 Å². The summed E-state index contributed by atoms with van der Waals surface area (Å²) in [7, 11) is 5.13. The highest BCUT2D eigenvalue weighted by molar-refractivity contribution is 5.79. The van der Waals surface area contributed by atoms with Crippen molar-refractivity contribution in [2.45, 2.75) is 20.0 Å². The summed E-state index contributed by atoms with van der Waals surface area (Å²) < 4.78 is 10.7. The van der Waals surface area contributed by atoms with Crippen LogP contribution in [0.25, 0.3) is 0 Å². The van der Waals surface area contributed by atoms with Gasteiger partial charge in [-0.3, -0.25) is 10.1 Å². The Morgan fingerprint density at radius 1 is 1.18 bits per heavy atom. The lowest BCUT2D eigenvalue weighted by atomic mass is 10.2. The number of guanidine groups is 1. The first kappa shape index (κ1) is 21.0. The molecule has 8 heteroatoms. The van der Waals surface area contributed by atoms with Gasteiger partial charge in [0.2, 0.25) is 0 Å². The van der Waals surface area contributed by atoms with E-state index in [1.54, 1.807) is 32.4 Å². The molecule has 2 aromatic rings. The number of para-hydroxylation sites is 1. The molecule has 0 radical (unpaired) electrons. The van der Waals surface area contributed by atoms with Crippen LogP contribution in [-0.2, 0) is 13.1 Å². The Labute approximate surface area is 164 Å². The molecule has 0 saturated heterocycles. The number of ether oxygens (including phenoxy) is 2. The van der Waals surface area contributed by atoms with Gasteiger partial charge >= 0.3 is 0 Å². The van der Waals surface area contributed by atoms with Gasteiger partial charge in [0.15, 0.2) is 5.96 Å². The fourth-order valence-corrected chi connectivity index (χ4v) is 2.77. The smallest absolute Gasteiger partial charge is 0.274 e. The molecule has 0 fully saturated rings. The van der Waals surface area contributed by atoms with Gasteiger partial charge in [0.05, 0.1) is 31.3 Å². The molecule has 2 aromatic carbocycles. The summed E-state index contributed by atoms with van der Waals surface area (Å²) in [6, 6.07) is 12.3. The minimum absolute atomic E-state index is 0.0709. The van der Waals surface area contributed by atoms with Crippen molar-refractivity contribution in [3.63, 3.8) is 0 Å². The maximum atomic E-state index is 11.2. The Kier molecular flexibility index (Phi) is 7.62. The van der Waals surface area contributed by atoms with Crippen LogP contribution < -0.4 is 14.8 Å². The van der Waals surface area contributed by atoms with Crippen molar-refractivity contribution in [1.29, 1.82) is 0 Å². The van der Waals surface area contributed by atoms with Gasteiger partial charge in [-0.25, -0.2) is 4.99 Å². The summed E-state index contributed by atoms with van der Waals surface area (Å²) in [4.78, 5) is 17.3. The van der Waals surface area contributed by atoms with Crippen molar-refractivity contribution in [2.75, 3.05) is 27.8 Å². The van der Waals surface area contributed by atoms with Crippen molar-refractivity contribution >= 4 is 11.6 Å². The number of nitrogens with one attached hydrogen (secondary N) is 1. The molecule has 0 heterocycles. The molecule has 0 aliphatic carbocycles. The maximum Gasteiger partial charge on any atom is 0.274 e. The van der Waals surface area contributed by atoms with E-state index in [4.69, 9.17) is 9.47 Å². The summed E-state index contributed by atoms with van der Waals surface area (Å²) in [6.45, 7) is 3.42. The normalized spacial score (nSPS) is 11.1. The largest absolute Gasteiger partial charge is 0.497 e. The maximum absolute atomic E-state index is 11.2. The second kappa shape index (κ2) is 10.1. The van der Waals surface area contributed by atoms with E-state index in [-0.39, 0.29) is 17.2 Å². The molecule has 150 valence electrons. The summed E-state index contributed by atoms with van der Waals surface area (Å²) >= 11 is 0. The minimum atomic E-state index is -0.385. The first-order valence-electron chi connectivity index (χ1n) is 8.92. The summed E-state index contributed by atoms with van der Waals surface area (Å²) in [5.74, 6) is 2.10. The number of nitro groups is 1. The summed E-state index contributed by atoms with van der Waals surface area (Å²) in [6.07, 6.45) is 0. The SMILES string of the molecule is CCNC(=NCc1ccccc1[N+](=O)[O-])N(C)Cc1ccc(OC)cc1OC. The van der Waals surface area contributed by atoms with Crippen LogP contribution in [0.4, 0.5) is 5.69 Å². The third kappa shape index (κ3) is 5.35. The van der Waals surface area contributed by atoms with Crippen molar-refractivity contribution in [3.8, 4) is 11.5 Å². The fraction of sp³-hybridized carbons (Fsp3) is 0.350. The van der Waals surface area contributed by atoms with Gasteiger partial charge in [0.1, 0.15) is 11.5 Å². The summed E-state index contributed by atoms with van der Waals surface area (Å²) in [5.41, 5.74) is 1.61. The van der Waals surface area contributed by atoms with Gasteiger partial charge in [0, 0.05) is 37.8 Å². The molecule has 0 unspecified atom stereocenters. The zero-order chi connectivity index (χ0) is 20.5. The van der Waals surface area contributed by atoms with Gasteiger partial charge in [-0.1, -0.05) is 18.2 Å². The van der Waals surface area contributed by atoms with E-state index in [1.807, 2.05) is 37.1 Å². The summed E-state index contributed by atoms with van der Waals surface area (Å²) in [5, 5.41) is 14.4. The number of nitro benzene ring substituents is 1. The quantitative estimate of drug-likeness (QED) is 0.324. The Morgan fingerprint density at radius 3 is 2.57 bits per heavy atom. The van der Waals surface area contributed by atoms with Crippen LogP contribution in [0.15, 0.2) is 47.5 Å². The molecule has 1 N–H and O–H groups in total. The molecule has 0 aromatic heterocycles. The molecule has 8 nitrogen and oxygen atoms in total. The molecular formula is C20H26N4O4. The predicted molar refractivity (Wildman–Crippen MR) is 109 cm³/mol. The van der Waals surface area contributed by atoms with Crippen LogP contribution in [-0.4, -0.2) is 43.6 Å². The second-order valence-corrected chi connectivity index (χ2v) is 6.09. The van der Waals surface area contributed by atoms with Gasteiger partial charge in [-0.15, -0.1) is 0 Å². The second-order valence-electron chi connectivity index (χ2n) is 6.09. The van der Waals surface area contributed by atoms with E-state index >= 15 is 0 Å². The molecule has 0 saturated carbocycles. The zero-order valence-electron chi connectivity index (χ0n) is 16.6. The molecule has 0 aliphatic heterocycles. The lowest BCUT2D eigenvalue weighted by Crippen LogP contribution is -2.38. The number of methoxy groups -OCH3 is 2. The fourth-order valence-electron chi connectivity index (χ4n) is 2.77. The lowest BCUT2D eigenvalue weighted by molar-refractivity contribution is -0.385. The first-order chi connectivity index (χ1) is 13.5. The molecule has 2 rings (SSSR count). The van der Waals surface area contributed by atoms with Gasteiger partial charge in [-0.05, 0) is 19.1 Å². The average molecular weight is 386 g/mol. The third-order valence-electron chi connectivity index (χ3n) is 4.19. The Balaban J connectivity index is 2.21. The minimum Gasteiger partial charge on any atom is -0.497 e. The Hall–Kier alpha value is -3.29. The van der Waals surface area contributed by atoms with Crippen LogP contribution in [0.1, 0.15) is 18.1 Å². The number of nitrogens with zero attached hydrogens (tertiary/aromatic N) is 3. The van der Waals surface area contributed by atoms with Crippen LogP contribution in [0, 0.1) is 10.1 Å². The third-order valence-corrected chi connectivity index (χ3v) is 4.19. The van der Waals surface area contributed by atoms with Gasteiger partial charge in [-0.2, -0.15) is 0 Å². The van der Waals surface area contributed by atoms with Crippen LogP contribution >= 0.6 is 0 Å². The molecule has 0 bridgehead atoms. The Bertz CT molecular complexity index is 839. The van der Waals surface area contributed by atoms with Crippen molar-refractivity contribution in [1.82, 2.24) is 10.2 Å². The predicted octanol–water partition coefficient (Wildman–Crippen LogP) is 3.21. The van der Waals surface area contributed by atoms with Crippen molar-refractivity contribution in [2.24, 2.45) is 4.99 Å². The standard InChI is InChI=1S/C20H26N4O4/c1-5-21-20(22-13-15-8-6-7-9-18(15)24(25)26)23(2)14-16-10-11-17(27-3)12-19(16)28-4/h6-12H,5,13-14H2,1-4H3,(H,21,22). The van der Waals surface area contributed by atoms with Crippen LogP contribution in [0.3, 0.4) is 0 Å². The topological polar surface area (TPSA) is 89.2 Å². The average Bonchev–Trinajstić information content (AvgIpc) is 2.71. The highest BCUT2D eigenvalue weighted by Gasteiger charge is 2.14. The Morgan fingerprint density at radius 2 is 1.93 bits per heavy atom. The number of rotatable bonds is 8. The van der Waals surface area contributed by atoms with E-state index in [0.29, 0.717) is 24.6 Å². The van der Waals surface area contributed by atoms with Gasteiger partial charge < -0.3 is 19.7 Å². The van der Waals surface area contributed by atoms with E-state index in [1.165, 1.54) is 6.07 Å². The highest BCUT2D eigenvalue weighted by Crippen LogP contribution is 2.25. The molecule has 0 atom stereocenters. The number of hydrogen-bond donors (Lipinski definition) is 1. The van der Waals surface area contributed by atoms with Crippen LogP contribution in [0.2, 0.25) is 0 Å². The van der Waals surface area contributed by atoms with Crippen molar-refractivity contribution < 1.29 is 14.4 Å². The number of benzene rings is 2. The number of aliphatic imine (C=N–C) groups is 1. The van der Waals surface area contributed by atoms with Crippen molar-refractivity contribution in [3.05, 3.63) is 63.7 Å². The number of hydrogen-bond acceptors (Lipinski definition) is 5. The molecule has 0 amide bonds. The molecule has 0 aliphatic rings. The monoisotopic (exact) mass is 386 g/mol. The first-order valence-corrected chi connectivity index (χ1v) is 8.92. The molecule has 0 spiro atoms. The van der Waals surface area contributed by atoms with Crippen LogP contribution in [0.5, 0.6) is 11.5 Å². The van der Waals surface area contributed by atoms with E-state index in [9.17, 15) is 10.1 Å². The van der Waals surface area contributed by atoms with E-state index in [0.717, 1.165) is 17.1 Å². The zero-order valence-corrected chi connectivity index (χ0v) is 16.6. The molecular weight excluding hydrogens is 360 g/mol. The molecule has 28 heavy (non-hydrogen) atoms. The van der Waals surface area contributed by atoms with E-state index < -0.39 is 0 Å². The highest BCUT2D eigenvalue weighted by atomic mass is 16.6. The van der Waals surface area contributed by atoms with Gasteiger partial charge in [0.25, 0.3) is 5.69 Å². The lowest BCUT2D eigenvalue weighted by Gasteiger charge is -2.23.